The van der Waals surface area contributed by atoms with E-state index in [1.54, 1.807) is 0 Å². The normalized spacial score (nSPS) is 16.7. The Kier molecular flexibility index (Phi) is 6.25. The Hall–Kier alpha value is -3.78. The fraction of sp³-hybridized carbons (Fsp3) is 0.400. The standard InChI is InChI=1S/C30H34N8/c1-4-12-38(13-5-1)26-10-11-33-29-28(26)34-30(35-29)27-24-15-22(8-9-25(24)36-37-27)23-14-21(18-32-19-23)17-31-16-20-6-2-3-7-20/h8-11,14-15,18-20,31H,1-7,12-13,16-17H2,(H,36,37)(H,33,34,35). The number of imidazole rings is 1. The minimum atomic E-state index is 0.734. The van der Waals surface area contributed by atoms with Crippen molar-refractivity contribution in [2.45, 2.75) is 51.5 Å². The molecule has 1 saturated heterocycles. The van der Waals surface area contributed by atoms with E-state index in [1.165, 1.54) is 56.2 Å². The number of fused-ring (bicyclic) bond motifs is 2. The van der Waals surface area contributed by atoms with Crippen LogP contribution in [0.2, 0.25) is 0 Å². The number of H-pyrrole nitrogens is 2. The maximum atomic E-state index is 4.85. The van der Waals surface area contributed by atoms with Gasteiger partial charge in [0.2, 0.25) is 0 Å². The summed E-state index contributed by atoms with van der Waals surface area (Å²) in [6.45, 7) is 4.10. The van der Waals surface area contributed by atoms with Crippen molar-refractivity contribution in [2.24, 2.45) is 5.92 Å². The highest BCUT2D eigenvalue weighted by molar-refractivity contribution is 5.96. The summed E-state index contributed by atoms with van der Waals surface area (Å²) in [6, 6.07) is 10.7. The van der Waals surface area contributed by atoms with Gasteiger partial charge in [-0.2, -0.15) is 5.10 Å². The zero-order valence-electron chi connectivity index (χ0n) is 21.7. The molecule has 8 heteroatoms. The maximum Gasteiger partial charge on any atom is 0.180 e. The van der Waals surface area contributed by atoms with E-state index >= 15 is 0 Å². The molecule has 0 amide bonds. The van der Waals surface area contributed by atoms with Crippen LogP contribution >= 0.6 is 0 Å². The van der Waals surface area contributed by atoms with Gasteiger partial charge in [0, 0.05) is 49.2 Å². The maximum absolute atomic E-state index is 4.85. The van der Waals surface area contributed by atoms with Crippen LogP contribution in [-0.2, 0) is 6.54 Å². The van der Waals surface area contributed by atoms with Gasteiger partial charge in [0.05, 0.1) is 11.2 Å². The van der Waals surface area contributed by atoms with Crippen LogP contribution in [0.1, 0.15) is 50.5 Å². The molecule has 0 spiro atoms. The minimum Gasteiger partial charge on any atom is -0.370 e. The molecule has 3 N–H and O–H groups in total. The quantitative estimate of drug-likeness (QED) is 0.257. The molecular weight excluding hydrogens is 472 g/mol. The molecule has 4 aromatic heterocycles. The Morgan fingerprint density at radius 1 is 0.947 bits per heavy atom. The van der Waals surface area contributed by atoms with Crippen LogP contribution in [-0.4, -0.2) is 49.8 Å². The second-order valence-corrected chi connectivity index (χ2v) is 10.9. The van der Waals surface area contributed by atoms with Crippen LogP contribution in [0.5, 0.6) is 0 Å². The summed E-state index contributed by atoms with van der Waals surface area (Å²) in [6.07, 6.45) is 15.0. The van der Waals surface area contributed by atoms with Gasteiger partial charge < -0.3 is 15.2 Å². The van der Waals surface area contributed by atoms with E-state index < -0.39 is 0 Å². The van der Waals surface area contributed by atoms with Crippen molar-refractivity contribution in [2.75, 3.05) is 24.5 Å². The Morgan fingerprint density at radius 3 is 2.74 bits per heavy atom. The molecule has 1 aliphatic heterocycles. The van der Waals surface area contributed by atoms with Crippen molar-refractivity contribution in [3.63, 3.8) is 0 Å². The number of hydrogen-bond acceptors (Lipinski definition) is 6. The molecule has 1 aliphatic carbocycles. The number of pyridine rings is 2. The molecule has 38 heavy (non-hydrogen) atoms. The highest BCUT2D eigenvalue weighted by Gasteiger charge is 2.19. The van der Waals surface area contributed by atoms with Crippen molar-refractivity contribution in [1.29, 1.82) is 0 Å². The van der Waals surface area contributed by atoms with E-state index in [-0.39, 0.29) is 0 Å². The van der Waals surface area contributed by atoms with Crippen LogP contribution in [0.4, 0.5) is 5.69 Å². The molecular formula is C30H34N8. The lowest BCUT2D eigenvalue weighted by molar-refractivity contribution is 0.489. The van der Waals surface area contributed by atoms with Crippen molar-refractivity contribution in [3.8, 4) is 22.6 Å². The number of rotatable bonds is 7. The van der Waals surface area contributed by atoms with Gasteiger partial charge in [0.25, 0.3) is 0 Å². The molecule has 5 aromatic rings. The second-order valence-electron chi connectivity index (χ2n) is 10.9. The summed E-state index contributed by atoms with van der Waals surface area (Å²) in [5.74, 6) is 1.57. The van der Waals surface area contributed by atoms with Crippen LogP contribution < -0.4 is 10.2 Å². The van der Waals surface area contributed by atoms with Gasteiger partial charge in [-0.1, -0.05) is 18.9 Å². The lowest BCUT2D eigenvalue weighted by Gasteiger charge is -2.28. The topological polar surface area (TPSA) is 98.4 Å². The van der Waals surface area contributed by atoms with Gasteiger partial charge in [-0.05, 0) is 80.0 Å². The Labute approximate surface area is 222 Å². The number of anilines is 1. The molecule has 1 saturated carbocycles. The van der Waals surface area contributed by atoms with Gasteiger partial charge in [-0.15, -0.1) is 0 Å². The lowest BCUT2D eigenvalue weighted by Crippen LogP contribution is -2.29. The monoisotopic (exact) mass is 506 g/mol. The molecule has 194 valence electrons. The Balaban J connectivity index is 1.18. The van der Waals surface area contributed by atoms with Gasteiger partial charge in [-0.25, -0.2) is 9.97 Å². The van der Waals surface area contributed by atoms with E-state index in [0.717, 1.165) is 76.8 Å². The van der Waals surface area contributed by atoms with Gasteiger partial charge in [0.1, 0.15) is 11.2 Å². The summed E-state index contributed by atoms with van der Waals surface area (Å²) in [7, 11) is 0. The molecule has 0 atom stereocenters. The molecule has 0 bridgehead atoms. The zero-order chi connectivity index (χ0) is 25.3. The lowest BCUT2D eigenvalue weighted by atomic mass is 10.0. The van der Waals surface area contributed by atoms with Crippen LogP contribution in [0.15, 0.2) is 48.9 Å². The molecule has 2 fully saturated rings. The first kappa shape index (κ1) is 23.3. The third-order valence-corrected chi connectivity index (χ3v) is 8.22. The second kappa shape index (κ2) is 10.2. The first-order valence-corrected chi connectivity index (χ1v) is 14.0. The number of piperidine rings is 1. The predicted molar refractivity (Wildman–Crippen MR) is 152 cm³/mol. The van der Waals surface area contributed by atoms with Gasteiger partial charge >= 0.3 is 0 Å². The largest absolute Gasteiger partial charge is 0.370 e. The van der Waals surface area contributed by atoms with Gasteiger partial charge in [0.15, 0.2) is 11.5 Å². The first-order valence-electron chi connectivity index (χ1n) is 14.0. The summed E-state index contributed by atoms with van der Waals surface area (Å²) in [4.78, 5) is 19.9. The smallest absolute Gasteiger partial charge is 0.180 e. The number of aromatic nitrogens is 6. The number of hydrogen-bond donors (Lipinski definition) is 3. The number of aromatic amines is 2. The summed E-state index contributed by atoms with van der Waals surface area (Å²) in [5, 5.41) is 12.5. The molecule has 8 nitrogen and oxygen atoms in total. The van der Waals surface area contributed by atoms with Crippen molar-refractivity contribution in [3.05, 3.63) is 54.5 Å². The highest BCUT2D eigenvalue weighted by atomic mass is 15.2. The molecule has 0 radical (unpaired) electrons. The highest BCUT2D eigenvalue weighted by Crippen LogP contribution is 2.33. The van der Waals surface area contributed by atoms with E-state index in [2.05, 4.69) is 65.7 Å². The predicted octanol–water partition coefficient (Wildman–Crippen LogP) is 5.83. The average Bonchev–Trinajstić information content (AvgIpc) is 3.73. The zero-order valence-corrected chi connectivity index (χ0v) is 21.7. The summed E-state index contributed by atoms with van der Waals surface area (Å²) in [5.41, 5.74) is 8.13. The number of benzene rings is 1. The van der Waals surface area contributed by atoms with E-state index in [9.17, 15) is 0 Å². The third kappa shape index (κ3) is 4.53. The minimum absolute atomic E-state index is 0.734. The van der Waals surface area contributed by atoms with Crippen LogP contribution in [0.25, 0.3) is 44.7 Å². The van der Waals surface area contributed by atoms with Crippen LogP contribution in [0.3, 0.4) is 0 Å². The number of nitrogens with zero attached hydrogens (tertiary/aromatic N) is 5. The molecule has 2 aliphatic rings. The summed E-state index contributed by atoms with van der Waals surface area (Å²) >= 11 is 0. The Bertz CT molecular complexity index is 1560. The average molecular weight is 507 g/mol. The van der Waals surface area contributed by atoms with Crippen LogP contribution in [0, 0.1) is 5.92 Å². The van der Waals surface area contributed by atoms with E-state index in [4.69, 9.17) is 4.98 Å². The van der Waals surface area contributed by atoms with Crippen molar-refractivity contribution >= 4 is 27.8 Å². The van der Waals surface area contributed by atoms with E-state index in [1.807, 2.05) is 18.6 Å². The fourth-order valence-electron chi connectivity index (χ4n) is 6.16. The first-order chi connectivity index (χ1) is 18.8. The molecule has 0 unspecified atom stereocenters. The van der Waals surface area contributed by atoms with E-state index in [0.29, 0.717) is 0 Å². The fourth-order valence-corrected chi connectivity index (χ4v) is 6.16. The van der Waals surface area contributed by atoms with Gasteiger partial charge in [-0.3, -0.25) is 10.1 Å². The third-order valence-electron chi connectivity index (χ3n) is 8.22. The van der Waals surface area contributed by atoms with Crippen molar-refractivity contribution in [1.82, 2.24) is 35.5 Å². The molecule has 5 heterocycles. The Morgan fingerprint density at radius 2 is 1.84 bits per heavy atom. The number of nitrogens with one attached hydrogen (secondary N) is 3. The van der Waals surface area contributed by atoms with Crippen molar-refractivity contribution < 1.29 is 0 Å². The molecule has 1 aromatic carbocycles. The molecule has 7 rings (SSSR count). The SMILES string of the molecule is c1cc(N2CCCCC2)c2[nH]c(-c3n[nH]c4ccc(-c5cncc(CNCC6CCCC6)c5)cc34)nc2n1. The summed E-state index contributed by atoms with van der Waals surface area (Å²) < 4.78 is 0.